The number of nitrogens with two attached hydrogens (primary N) is 1. The van der Waals surface area contributed by atoms with Crippen molar-refractivity contribution in [1.82, 2.24) is 20.3 Å². The lowest BCUT2D eigenvalue weighted by Gasteiger charge is -2.03. The number of hydrogen-bond donors (Lipinski definition) is 4. The molecule has 1 amide bonds. The zero-order valence-electron chi connectivity index (χ0n) is 13.3. The Morgan fingerprint density at radius 1 is 1.21 bits per heavy atom. The molecule has 0 atom stereocenters. The summed E-state index contributed by atoms with van der Waals surface area (Å²) in [6, 6.07) is 9.38. The number of nitrogen functional groups attached to an aromatic ring is 1. The van der Waals surface area contributed by atoms with Crippen molar-refractivity contribution in [2.24, 2.45) is 0 Å². The van der Waals surface area contributed by atoms with E-state index in [4.69, 9.17) is 5.73 Å². The van der Waals surface area contributed by atoms with Crippen LogP contribution in [0, 0.1) is 0 Å². The summed E-state index contributed by atoms with van der Waals surface area (Å²) in [5.74, 6) is 0.0220. The van der Waals surface area contributed by atoms with Crippen LogP contribution in [0.5, 0.6) is 0 Å². The molecule has 0 radical (unpaired) electrons. The van der Waals surface area contributed by atoms with Gasteiger partial charge in [0.1, 0.15) is 5.65 Å². The number of hydrogen-bond acceptors (Lipinski definition) is 4. The summed E-state index contributed by atoms with van der Waals surface area (Å²) >= 11 is 0. The van der Waals surface area contributed by atoms with E-state index in [1.807, 2.05) is 30.3 Å². The van der Waals surface area contributed by atoms with Gasteiger partial charge in [0.05, 0.1) is 5.39 Å². The maximum atomic E-state index is 11.8. The maximum absolute atomic E-state index is 11.8. The first-order valence-corrected chi connectivity index (χ1v) is 7.75. The molecule has 7 nitrogen and oxygen atoms in total. The molecule has 3 aromatic rings. The first kappa shape index (κ1) is 15.8. The molecule has 0 bridgehead atoms. The SMILES string of the molecule is CNC(=O)c1ccc(CCCc2cc3c(=O)[nH]c(N)nc3[nH]2)cc1. The van der Waals surface area contributed by atoms with E-state index in [9.17, 15) is 9.59 Å². The smallest absolute Gasteiger partial charge is 0.261 e. The molecule has 0 spiro atoms. The summed E-state index contributed by atoms with van der Waals surface area (Å²) in [7, 11) is 1.62. The van der Waals surface area contributed by atoms with Crippen LogP contribution in [0.25, 0.3) is 11.0 Å². The van der Waals surface area contributed by atoms with Crippen molar-refractivity contribution in [1.29, 1.82) is 0 Å². The Hall–Kier alpha value is -3.09. The normalized spacial score (nSPS) is 10.9. The van der Waals surface area contributed by atoms with Gasteiger partial charge < -0.3 is 16.0 Å². The van der Waals surface area contributed by atoms with Crippen molar-refractivity contribution < 1.29 is 4.79 Å². The van der Waals surface area contributed by atoms with Gasteiger partial charge >= 0.3 is 0 Å². The molecular weight excluding hydrogens is 306 g/mol. The van der Waals surface area contributed by atoms with Crippen molar-refractivity contribution in [3.63, 3.8) is 0 Å². The van der Waals surface area contributed by atoms with Crippen LogP contribution >= 0.6 is 0 Å². The Balaban J connectivity index is 1.63. The molecule has 3 rings (SSSR count). The summed E-state index contributed by atoms with van der Waals surface area (Å²) in [5.41, 5.74) is 8.59. The third-order valence-corrected chi connectivity index (χ3v) is 3.93. The van der Waals surface area contributed by atoms with Crippen LogP contribution in [0.3, 0.4) is 0 Å². The standard InChI is InChI=1S/C17H19N5O2/c1-19-15(23)11-7-5-10(6-8-11)3-2-4-12-9-13-14(20-12)21-17(18)22-16(13)24/h5-9H,2-4H2,1H3,(H,19,23)(H4,18,20,21,22,24). The van der Waals surface area contributed by atoms with Crippen LogP contribution in [0.1, 0.15) is 28.0 Å². The first-order chi connectivity index (χ1) is 11.6. The van der Waals surface area contributed by atoms with E-state index in [2.05, 4.69) is 20.3 Å². The number of nitrogens with zero attached hydrogens (tertiary/aromatic N) is 1. The summed E-state index contributed by atoms with van der Waals surface area (Å²) < 4.78 is 0. The van der Waals surface area contributed by atoms with Crippen molar-refractivity contribution >= 4 is 22.9 Å². The van der Waals surface area contributed by atoms with E-state index in [-0.39, 0.29) is 17.4 Å². The predicted molar refractivity (Wildman–Crippen MR) is 93.0 cm³/mol. The molecule has 24 heavy (non-hydrogen) atoms. The largest absolute Gasteiger partial charge is 0.369 e. The minimum atomic E-state index is -0.232. The van der Waals surface area contributed by atoms with Gasteiger partial charge in [-0.2, -0.15) is 4.98 Å². The number of nitrogens with one attached hydrogen (secondary N) is 3. The number of rotatable bonds is 5. The zero-order valence-corrected chi connectivity index (χ0v) is 13.3. The Labute approximate surface area is 138 Å². The molecule has 0 saturated heterocycles. The molecule has 0 fully saturated rings. The van der Waals surface area contributed by atoms with Crippen molar-refractivity contribution in [2.75, 3.05) is 12.8 Å². The Bertz CT molecular complexity index is 924. The molecule has 0 saturated carbocycles. The molecule has 124 valence electrons. The van der Waals surface area contributed by atoms with E-state index < -0.39 is 0 Å². The second kappa shape index (κ2) is 6.57. The molecule has 2 heterocycles. The molecule has 2 aromatic heterocycles. The van der Waals surface area contributed by atoms with Crippen LogP contribution in [0.2, 0.25) is 0 Å². The summed E-state index contributed by atoms with van der Waals surface area (Å²) in [4.78, 5) is 33.0. The monoisotopic (exact) mass is 325 g/mol. The first-order valence-electron chi connectivity index (χ1n) is 7.75. The number of aromatic amines is 2. The number of amides is 1. The van der Waals surface area contributed by atoms with Gasteiger partial charge in [-0.25, -0.2) is 0 Å². The van der Waals surface area contributed by atoms with Crippen LogP contribution in [-0.2, 0) is 12.8 Å². The van der Waals surface area contributed by atoms with Crippen LogP contribution in [0.4, 0.5) is 5.95 Å². The van der Waals surface area contributed by atoms with Crippen molar-refractivity contribution in [3.8, 4) is 0 Å². The van der Waals surface area contributed by atoms with E-state index in [1.54, 1.807) is 7.05 Å². The fraction of sp³-hybridized carbons (Fsp3) is 0.235. The molecule has 0 unspecified atom stereocenters. The molecule has 7 heteroatoms. The van der Waals surface area contributed by atoms with Crippen LogP contribution in [-0.4, -0.2) is 27.9 Å². The van der Waals surface area contributed by atoms with Gasteiger partial charge in [-0.15, -0.1) is 0 Å². The number of H-pyrrole nitrogens is 2. The fourth-order valence-corrected chi connectivity index (χ4v) is 2.68. The zero-order chi connectivity index (χ0) is 17.1. The summed E-state index contributed by atoms with van der Waals surface area (Å²) in [6.07, 6.45) is 2.60. The molecule has 0 aliphatic carbocycles. The lowest BCUT2D eigenvalue weighted by Crippen LogP contribution is -2.17. The molecular formula is C17H19N5O2. The highest BCUT2D eigenvalue weighted by Crippen LogP contribution is 2.13. The number of anilines is 1. The lowest BCUT2D eigenvalue weighted by atomic mass is 10.0. The maximum Gasteiger partial charge on any atom is 0.261 e. The molecule has 5 N–H and O–H groups in total. The van der Waals surface area contributed by atoms with Crippen molar-refractivity contribution in [2.45, 2.75) is 19.3 Å². The second-order valence-electron chi connectivity index (χ2n) is 5.64. The number of carbonyl (C=O) groups is 1. The highest BCUT2D eigenvalue weighted by atomic mass is 16.1. The van der Waals surface area contributed by atoms with Crippen LogP contribution in [0.15, 0.2) is 35.1 Å². The van der Waals surface area contributed by atoms with E-state index >= 15 is 0 Å². The van der Waals surface area contributed by atoms with Gasteiger partial charge in [0, 0.05) is 18.3 Å². The summed E-state index contributed by atoms with van der Waals surface area (Å²) in [6.45, 7) is 0. The van der Waals surface area contributed by atoms with Crippen molar-refractivity contribution in [3.05, 3.63) is 57.5 Å². The molecule has 0 aliphatic heterocycles. The number of aryl methyl sites for hydroxylation is 2. The fourth-order valence-electron chi connectivity index (χ4n) is 2.68. The Morgan fingerprint density at radius 2 is 1.96 bits per heavy atom. The number of aromatic nitrogens is 3. The van der Waals surface area contributed by atoms with E-state index in [1.165, 1.54) is 5.56 Å². The third kappa shape index (κ3) is 3.29. The minimum Gasteiger partial charge on any atom is -0.369 e. The quantitative estimate of drug-likeness (QED) is 0.567. The summed E-state index contributed by atoms with van der Waals surface area (Å²) in [5, 5.41) is 3.12. The average Bonchev–Trinajstić information content (AvgIpc) is 2.98. The highest BCUT2D eigenvalue weighted by Gasteiger charge is 2.07. The van der Waals surface area contributed by atoms with Gasteiger partial charge in [-0.3, -0.25) is 14.6 Å². The van der Waals surface area contributed by atoms with Gasteiger partial charge in [0.15, 0.2) is 0 Å². The van der Waals surface area contributed by atoms with Gasteiger partial charge in [0.25, 0.3) is 11.5 Å². The number of carbonyl (C=O) groups excluding carboxylic acids is 1. The highest BCUT2D eigenvalue weighted by molar-refractivity contribution is 5.93. The molecule has 1 aromatic carbocycles. The minimum absolute atomic E-state index is 0.0865. The topological polar surface area (TPSA) is 117 Å². The van der Waals surface area contributed by atoms with Crippen LogP contribution < -0.4 is 16.6 Å². The van der Waals surface area contributed by atoms with Gasteiger partial charge in [0.2, 0.25) is 5.95 Å². The second-order valence-corrected chi connectivity index (χ2v) is 5.64. The number of benzene rings is 1. The Morgan fingerprint density at radius 3 is 2.67 bits per heavy atom. The average molecular weight is 325 g/mol. The number of fused-ring (bicyclic) bond motifs is 1. The van der Waals surface area contributed by atoms with Gasteiger partial charge in [-0.1, -0.05) is 12.1 Å². The predicted octanol–water partition coefficient (Wildman–Crippen LogP) is 1.37. The Kier molecular flexibility index (Phi) is 4.33. The van der Waals surface area contributed by atoms with Gasteiger partial charge in [-0.05, 0) is 43.0 Å². The lowest BCUT2D eigenvalue weighted by molar-refractivity contribution is 0.0963. The van der Waals surface area contributed by atoms with E-state index in [0.29, 0.717) is 16.6 Å². The van der Waals surface area contributed by atoms with E-state index in [0.717, 1.165) is 25.0 Å². The third-order valence-electron chi connectivity index (χ3n) is 3.93. The molecule has 0 aliphatic rings.